The minimum atomic E-state index is -0.210. The summed E-state index contributed by atoms with van der Waals surface area (Å²) in [6, 6.07) is 9.03. The van der Waals surface area contributed by atoms with Gasteiger partial charge in [-0.05, 0) is 74.6 Å². The van der Waals surface area contributed by atoms with Crippen molar-refractivity contribution in [2.24, 2.45) is 22.4 Å². The highest BCUT2D eigenvalue weighted by molar-refractivity contribution is 6.05. The van der Waals surface area contributed by atoms with E-state index in [0.717, 1.165) is 37.0 Å². The number of hydrazone groups is 1. The number of aryl methyl sites for hydroxylation is 1. The van der Waals surface area contributed by atoms with Gasteiger partial charge in [-0.2, -0.15) is 5.10 Å². The van der Waals surface area contributed by atoms with Crippen molar-refractivity contribution in [3.63, 3.8) is 0 Å². The lowest BCUT2D eigenvalue weighted by molar-refractivity contribution is -0.126. The number of carbonyl (C=O) groups is 2. The highest BCUT2D eigenvalue weighted by Gasteiger charge is 2.32. The Kier molecular flexibility index (Phi) is 6.98. The van der Waals surface area contributed by atoms with E-state index in [1.807, 2.05) is 31.2 Å². The van der Waals surface area contributed by atoms with Crippen LogP contribution in [0, 0.1) is 24.2 Å². The van der Waals surface area contributed by atoms with E-state index in [2.05, 4.69) is 36.6 Å². The van der Waals surface area contributed by atoms with E-state index in [-0.39, 0.29) is 17.7 Å². The molecule has 0 aliphatic heterocycles. The van der Waals surface area contributed by atoms with Gasteiger partial charge in [0, 0.05) is 11.6 Å². The summed E-state index contributed by atoms with van der Waals surface area (Å²) in [5, 5.41) is 7.15. The van der Waals surface area contributed by atoms with Gasteiger partial charge in [-0.1, -0.05) is 32.9 Å². The molecule has 1 aromatic heterocycles. The molecule has 2 aromatic rings. The van der Waals surface area contributed by atoms with E-state index in [0.29, 0.717) is 28.3 Å². The Morgan fingerprint density at radius 2 is 1.68 bits per heavy atom. The van der Waals surface area contributed by atoms with Crippen molar-refractivity contribution < 1.29 is 14.0 Å². The molecule has 1 fully saturated rings. The van der Waals surface area contributed by atoms with E-state index in [4.69, 9.17) is 4.42 Å². The number of carbonyl (C=O) groups excluding carboxylic acids is 2. The van der Waals surface area contributed by atoms with Gasteiger partial charge >= 0.3 is 0 Å². The summed E-state index contributed by atoms with van der Waals surface area (Å²) in [6.45, 7) is 10.4. The molecule has 0 unspecified atom stereocenters. The first kappa shape index (κ1) is 22.8. The second-order valence-electron chi connectivity index (χ2n) is 9.51. The van der Waals surface area contributed by atoms with Crippen LogP contribution >= 0.6 is 0 Å². The summed E-state index contributed by atoms with van der Waals surface area (Å²) in [5.41, 5.74) is 5.85. The van der Waals surface area contributed by atoms with Gasteiger partial charge in [-0.3, -0.25) is 9.59 Å². The molecule has 0 saturated heterocycles. The second kappa shape index (κ2) is 9.50. The summed E-state index contributed by atoms with van der Waals surface area (Å²) < 4.78 is 5.17. The number of anilines is 1. The number of rotatable bonds is 5. The minimum absolute atomic E-state index is 0.00562. The summed E-state index contributed by atoms with van der Waals surface area (Å²) in [7, 11) is 0. The molecule has 0 radical (unpaired) electrons. The van der Waals surface area contributed by atoms with Crippen LogP contribution in [-0.2, 0) is 4.79 Å². The molecular formula is C25H33N3O3. The third-order valence-electron chi connectivity index (χ3n) is 6.32. The van der Waals surface area contributed by atoms with Crippen molar-refractivity contribution in [1.29, 1.82) is 0 Å². The van der Waals surface area contributed by atoms with Gasteiger partial charge in [0.2, 0.25) is 5.91 Å². The van der Waals surface area contributed by atoms with Gasteiger partial charge in [0.05, 0.1) is 17.5 Å². The topological polar surface area (TPSA) is 83.7 Å². The Hall–Kier alpha value is -2.89. The van der Waals surface area contributed by atoms with Gasteiger partial charge in [-0.25, -0.2) is 5.43 Å². The fourth-order valence-electron chi connectivity index (χ4n) is 4.13. The molecule has 1 saturated carbocycles. The molecule has 6 heteroatoms. The van der Waals surface area contributed by atoms with Crippen LogP contribution < -0.4 is 10.7 Å². The molecule has 1 heterocycles. The van der Waals surface area contributed by atoms with Crippen molar-refractivity contribution in [2.45, 2.75) is 60.3 Å². The average molecular weight is 424 g/mol. The zero-order valence-electron chi connectivity index (χ0n) is 19.1. The van der Waals surface area contributed by atoms with Crippen molar-refractivity contribution in [2.75, 3.05) is 5.32 Å². The molecule has 1 aliphatic rings. The van der Waals surface area contributed by atoms with E-state index < -0.39 is 0 Å². The third-order valence-corrected chi connectivity index (χ3v) is 6.32. The van der Waals surface area contributed by atoms with Crippen molar-refractivity contribution in [1.82, 2.24) is 5.43 Å². The van der Waals surface area contributed by atoms with Crippen molar-refractivity contribution in [3.8, 4) is 0 Å². The van der Waals surface area contributed by atoms with E-state index in [9.17, 15) is 9.59 Å². The van der Waals surface area contributed by atoms with Gasteiger partial charge in [0.25, 0.3) is 5.91 Å². The summed E-state index contributed by atoms with van der Waals surface area (Å²) in [5.74, 6) is 1.10. The molecule has 2 N–H and O–H groups in total. The van der Waals surface area contributed by atoms with Gasteiger partial charge in [0.15, 0.2) is 0 Å². The SMILES string of the molecule is CC(=NNC(=O)C1CCC(C(C)(C)C)CC1)c1ccc(NC(=O)c2ccoc2C)cc1. The zero-order chi connectivity index (χ0) is 22.6. The van der Waals surface area contributed by atoms with Crippen molar-refractivity contribution >= 4 is 23.2 Å². The van der Waals surface area contributed by atoms with Crippen LogP contribution in [0.3, 0.4) is 0 Å². The number of furan rings is 1. The normalized spacial score (nSPS) is 19.7. The number of hydrogen-bond acceptors (Lipinski definition) is 4. The predicted molar refractivity (Wildman–Crippen MR) is 123 cm³/mol. The molecule has 0 bridgehead atoms. The van der Waals surface area contributed by atoms with Gasteiger partial charge in [-0.15, -0.1) is 0 Å². The van der Waals surface area contributed by atoms with E-state index in [1.165, 1.54) is 6.26 Å². The molecule has 6 nitrogen and oxygen atoms in total. The minimum Gasteiger partial charge on any atom is -0.469 e. The summed E-state index contributed by atoms with van der Waals surface area (Å²) >= 11 is 0. The molecular weight excluding hydrogens is 390 g/mol. The molecule has 1 aliphatic carbocycles. The Morgan fingerprint density at radius 1 is 1.03 bits per heavy atom. The predicted octanol–water partition coefficient (Wildman–Crippen LogP) is 5.53. The number of nitrogens with zero attached hydrogens (tertiary/aromatic N) is 1. The first-order valence-corrected chi connectivity index (χ1v) is 10.9. The number of nitrogens with one attached hydrogen (secondary N) is 2. The molecule has 31 heavy (non-hydrogen) atoms. The van der Waals surface area contributed by atoms with Crippen LogP contribution in [0.4, 0.5) is 5.69 Å². The van der Waals surface area contributed by atoms with Crippen LogP contribution in [0.2, 0.25) is 0 Å². The molecule has 2 amide bonds. The Morgan fingerprint density at radius 3 is 2.23 bits per heavy atom. The number of amides is 2. The highest BCUT2D eigenvalue weighted by Crippen LogP contribution is 2.39. The monoisotopic (exact) mass is 423 g/mol. The molecule has 166 valence electrons. The first-order valence-electron chi connectivity index (χ1n) is 10.9. The van der Waals surface area contributed by atoms with Crippen LogP contribution in [0.5, 0.6) is 0 Å². The lowest BCUT2D eigenvalue weighted by Crippen LogP contribution is -2.33. The van der Waals surface area contributed by atoms with Gasteiger partial charge < -0.3 is 9.73 Å². The molecule has 0 atom stereocenters. The fourth-order valence-corrected chi connectivity index (χ4v) is 4.13. The van der Waals surface area contributed by atoms with Crippen LogP contribution in [0.1, 0.15) is 75.1 Å². The number of benzene rings is 1. The maximum atomic E-state index is 12.5. The highest BCUT2D eigenvalue weighted by atomic mass is 16.3. The average Bonchev–Trinajstić information content (AvgIpc) is 3.18. The lowest BCUT2D eigenvalue weighted by Gasteiger charge is -2.36. The quantitative estimate of drug-likeness (QED) is 0.490. The van der Waals surface area contributed by atoms with Crippen LogP contribution in [0.25, 0.3) is 0 Å². The molecule has 3 rings (SSSR count). The Balaban J connectivity index is 1.53. The van der Waals surface area contributed by atoms with E-state index in [1.54, 1.807) is 13.0 Å². The number of hydrogen-bond donors (Lipinski definition) is 2. The standard InChI is InChI=1S/C25H33N3O3/c1-16(27-28-23(29)19-6-10-20(11-7-19)25(3,4)5)18-8-12-21(13-9-18)26-24(30)22-14-15-31-17(22)2/h8-9,12-15,19-20H,6-7,10-11H2,1-5H3,(H,26,30)(H,28,29). The third kappa shape index (κ3) is 5.84. The largest absolute Gasteiger partial charge is 0.469 e. The zero-order valence-corrected chi connectivity index (χ0v) is 19.1. The Labute approximate surface area is 184 Å². The smallest absolute Gasteiger partial charge is 0.259 e. The fraction of sp³-hybridized carbons (Fsp3) is 0.480. The van der Waals surface area contributed by atoms with Gasteiger partial charge in [0.1, 0.15) is 5.76 Å². The summed E-state index contributed by atoms with van der Waals surface area (Å²) in [4.78, 5) is 24.8. The maximum Gasteiger partial charge on any atom is 0.259 e. The lowest BCUT2D eigenvalue weighted by atomic mass is 9.70. The van der Waals surface area contributed by atoms with Crippen LogP contribution in [-0.4, -0.2) is 17.5 Å². The maximum absolute atomic E-state index is 12.5. The molecule has 0 spiro atoms. The Bertz CT molecular complexity index is 943. The van der Waals surface area contributed by atoms with Crippen molar-refractivity contribution in [3.05, 3.63) is 53.5 Å². The van der Waals surface area contributed by atoms with E-state index >= 15 is 0 Å². The second-order valence-corrected chi connectivity index (χ2v) is 9.51. The van der Waals surface area contributed by atoms with Crippen LogP contribution in [0.15, 0.2) is 46.1 Å². The molecule has 1 aromatic carbocycles. The summed E-state index contributed by atoms with van der Waals surface area (Å²) in [6.07, 6.45) is 5.53. The first-order chi connectivity index (χ1) is 14.6.